The fourth-order valence-corrected chi connectivity index (χ4v) is 3.86. The van der Waals surface area contributed by atoms with E-state index in [0.717, 1.165) is 25.7 Å². The number of aromatic nitrogens is 6. The molecule has 4 rings (SSSR count). The van der Waals surface area contributed by atoms with Crippen LogP contribution in [0, 0.1) is 6.92 Å². The Kier molecular flexibility index (Phi) is 4.60. The quantitative estimate of drug-likeness (QED) is 0.462. The molecule has 0 bridgehead atoms. The summed E-state index contributed by atoms with van der Waals surface area (Å²) in [6, 6.07) is 5.56. The number of methoxy groups -OCH3 is 2. The second-order valence-electron chi connectivity index (χ2n) is 5.98. The fraction of sp³-hybridized carbons (Fsp3) is 0.294. The molecule has 1 atom stereocenters. The maximum absolute atomic E-state index is 5.35. The highest BCUT2D eigenvalue weighted by Crippen LogP contribution is 2.31. The number of nitrogens with zero attached hydrogens (tertiary/aromatic N) is 6. The van der Waals surface area contributed by atoms with E-state index >= 15 is 0 Å². The average molecular weight is 449 g/mol. The van der Waals surface area contributed by atoms with Gasteiger partial charge in [0, 0.05) is 17.8 Å². The highest BCUT2D eigenvalue weighted by Gasteiger charge is 2.20. The molecule has 0 saturated carbocycles. The molecule has 4 aromatic rings. The van der Waals surface area contributed by atoms with Gasteiger partial charge in [-0.1, -0.05) is 11.3 Å². The lowest BCUT2D eigenvalue weighted by Gasteiger charge is -2.08. The second-order valence-corrected chi connectivity index (χ2v) is 7.82. The van der Waals surface area contributed by atoms with Crippen LogP contribution in [0.5, 0.6) is 11.5 Å². The lowest BCUT2D eigenvalue weighted by molar-refractivity contribution is 0.394. The van der Waals surface area contributed by atoms with E-state index in [0.29, 0.717) is 17.3 Å². The summed E-state index contributed by atoms with van der Waals surface area (Å²) in [6.07, 6.45) is 1.95. The van der Waals surface area contributed by atoms with Gasteiger partial charge in [-0.3, -0.25) is 4.68 Å². The molecule has 0 N–H and O–H groups in total. The molecule has 1 aromatic carbocycles. The Morgan fingerprint density at radius 1 is 1.07 bits per heavy atom. The maximum Gasteiger partial charge on any atom is 0.235 e. The lowest BCUT2D eigenvalue weighted by Crippen LogP contribution is -2.08. The van der Waals surface area contributed by atoms with Crippen molar-refractivity contribution in [2.45, 2.75) is 19.9 Å². The number of ether oxygens (including phenoxy) is 2. The van der Waals surface area contributed by atoms with Crippen LogP contribution in [0.3, 0.4) is 0 Å². The summed E-state index contributed by atoms with van der Waals surface area (Å²) in [5.74, 6) is 2.00. The van der Waals surface area contributed by atoms with Gasteiger partial charge >= 0.3 is 0 Å². The molecule has 0 saturated heterocycles. The van der Waals surface area contributed by atoms with Crippen molar-refractivity contribution >= 4 is 32.2 Å². The molecule has 0 spiro atoms. The molecule has 0 aliphatic heterocycles. The van der Waals surface area contributed by atoms with Crippen molar-refractivity contribution in [1.82, 2.24) is 29.6 Å². The van der Waals surface area contributed by atoms with Crippen molar-refractivity contribution in [3.63, 3.8) is 0 Å². The van der Waals surface area contributed by atoms with E-state index in [2.05, 4.69) is 38.1 Å². The maximum atomic E-state index is 5.35. The van der Waals surface area contributed by atoms with Crippen LogP contribution in [0.15, 0.2) is 28.9 Å². The van der Waals surface area contributed by atoms with E-state index in [9.17, 15) is 0 Å². The normalized spacial score (nSPS) is 12.5. The third-order valence-corrected chi connectivity index (χ3v) is 6.07. The molecule has 3 heterocycles. The number of aryl methyl sites for hydroxylation is 1. The Labute approximate surface area is 167 Å². The summed E-state index contributed by atoms with van der Waals surface area (Å²) in [4.78, 5) is 0.719. The zero-order chi connectivity index (χ0) is 19.1. The molecule has 10 heteroatoms. The number of benzene rings is 1. The monoisotopic (exact) mass is 448 g/mol. The van der Waals surface area contributed by atoms with Crippen molar-refractivity contribution < 1.29 is 9.47 Å². The molecule has 0 radical (unpaired) electrons. The molecule has 0 aliphatic rings. The summed E-state index contributed by atoms with van der Waals surface area (Å²) >= 11 is 4.99. The third-order valence-electron chi connectivity index (χ3n) is 4.23. The second kappa shape index (κ2) is 6.93. The van der Waals surface area contributed by atoms with Crippen molar-refractivity contribution in [3.05, 3.63) is 39.6 Å². The first kappa shape index (κ1) is 17.9. The highest BCUT2D eigenvalue weighted by molar-refractivity contribution is 9.10. The van der Waals surface area contributed by atoms with Gasteiger partial charge in [0.15, 0.2) is 5.82 Å². The summed E-state index contributed by atoms with van der Waals surface area (Å²) in [5.41, 5.74) is 1.76. The zero-order valence-corrected chi connectivity index (χ0v) is 17.6. The van der Waals surface area contributed by atoms with Crippen LogP contribution in [0.4, 0.5) is 0 Å². The van der Waals surface area contributed by atoms with E-state index in [1.54, 1.807) is 18.7 Å². The molecule has 3 aromatic heterocycles. The van der Waals surface area contributed by atoms with Gasteiger partial charge in [0.05, 0.1) is 24.4 Å². The van der Waals surface area contributed by atoms with E-state index in [1.165, 1.54) is 11.3 Å². The zero-order valence-electron chi connectivity index (χ0n) is 15.2. The van der Waals surface area contributed by atoms with Crippen molar-refractivity contribution in [1.29, 1.82) is 0 Å². The first-order chi connectivity index (χ1) is 13.0. The van der Waals surface area contributed by atoms with Crippen LogP contribution >= 0.6 is 27.3 Å². The molecule has 0 aliphatic carbocycles. The van der Waals surface area contributed by atoms with Crippen LogP contribution in [-0.2, 0) is 0 Å². The molecule has 1 unspecified atom stereocenters. The topological polar surface area (TPSA) is 79.4 Å². The number of halogens is 1. The van der Waals surface area contributed by atoms with Gasteiger partial charge in [-0.2, -0.15) is 14.7 Å². The minimum atomic E-state index is -0.0191. The van der Waals surface area contributed by atoms with E-state index in [-0.39, 0.29) is 6.04 Å². The van der Waals surface area contributed by atoms with Crippen LogP contribution in [0.1, 0.15) is 23.7 Å². The van der Waals surface area contributed by atoms with Crippen molar-refractivity contribution in [3.8, 4) is 22.9 Å². The lowest BCUT2D eigenvalue weighted by atomic mass is 10.2. The number of hydrogen-bond acceptors (Lipinski definition) is 7. The molecule has 27 heavy (non-hydrogen) atoms. The predicted molar refractivity (Wildman–Crippen MR) is 106 cm³/mol. The molecule has 140 valence electrons. The summed E-state index contributed by atoms with van der Waals surface area (Å²) < 4.78 is 15.3. The Balaban J connectivity index is 1.76. The van der Waals surface area contributed by atoms with E-state index < -0.39 is 0 Å². The van der Waals surface area contributed by atoms with E-state index in [1.807, 2.05) is 36.0 Å². The average Bonchev–Trinajstić information content (AvgIpc) is 3.35. The summed E-state index contributed by atoms with van der Waals surface area (Å²) in [7, 11) is 3.23. The van der Waals surface area contributed by atoms with E-state index in [4.69, 9.17) is 14.6 Å². The fourth-order valence-electron chi connectivity index (χ4n) is 2.69. The molecule has 8 nitrogen and oxygen atoms in total. The smallest absolute Gasteiger partial charge is 0.235 e. The Bertz CT molecular complexity index is 1080. The predicted octanol–water partition coefficient (Wildman–Crippen LogP) is 3.75. The molecular formula is C17H17BrN6O2S. The number of rotatable bonds is 5. The standard InChI is InChI=1S/C17H17BrN6O2S/c1-9-14(18)8-23(21-9)10(2)16-22-24-15(19-20-17(24)27-16)11-5-12(25-3)7-13(6-11)26-4/h5-8,10H,1-4H3. The van der Waals surface area contributed by atoms with Gasteiger partial charge in [-0.15, -0.1) is 10.2 Å². The Hall–Kier alpha value is -2.46. The van der Waals surface area contributed by atoms with Gasteiger partial charge in [0.1, 0.15) is 22.5 Å². The molecular weight excluding hydrogens is 432 g/mol. The number of hydrogen-bond donors (Lipinski definition) is 0. The first-order valence-electron chi connectivity index (χ1n) is 8.17. The van der Waals surface area contributed by atoms with Gasteiger partial charge in [0.2, 0.25) is 4.96 Å². The van der Waals surface area contributed by atoms with Gasteiger partial charge in [-0.25, -0.2) is 0 Å². The van der Waals surface area contributed by atoms with Crippen LogP contribution in [0.25, 0.3) is 16.3 Å². The SMILES string of the molecule is COc1cc(OC)cc(-c2nnc3sc(C(C)n4cc(Br)c(C)n4)nn23)c1. The van der Waals surface area contributed by atoms with Crippen LogP contribution < -0.4 is 9.47 Å². The van der Waals surface area contributed by atoms with Crippen LogP contribution in [0.2, 0.25) is 0 Å². The first-order valence-corrected chi connectivity index (χ1v) is 9.78. The summed E-state index contributed by atoms with van der Waals surface area (Å²) in [5, 5.41) is 18.7. The van der Waals surface area contributed by atoms with Gasteiger partial charge < -0.3 is 9.47 Å². The third kappa shape index (κ3) is 3.19. The van der Waals surface area contributed by atoms with Gasteiger partial charge in [0.25, 0.3) is 0 Å². The van der Waals surface area contributed by atoms with Crippen molar-refractivity contribution in [2.75, 3.05) is 14.2 Å². The summed E-state index contributed by atoms with van der Waals surface area (Å²) in [6.45, 7) is 4.01. The number of fused-ring (bicyclic) bond motifs is 1. The largest absolute Gasteiger partial charge is 0.497 e. The minimum absolute atomic E-state index is 0.0191. The Morgan fingerprint density at radius 3 is 2.37 bits per heavy atom. The highest BCUT2D eigenvalue weighted by atomic mass is 79.9. The minimum Gasteiger partial charge on any atom is -0.497 e. The van der Waals surface area contributed by atoms with Crippen LogP contribution in [-0.4, -0.2) is 43.8 Å². The Morgan fingerprint density at radius 2 is 1.78 bits per heavy atom. The van der Waals surface area contributed by atoms with Gasteiger partial charge in [-0.05, 0) is 41.9 Å². The molecule has 0 fully saturated rings. The molecule has 0 amide bonds. The van der Waals surface area contributed by atoms with Crippen molar-refractivity contribution in [2.24, 2.45) is 0 Å².